The lowest BCUT2D eigenvalue weighted by molar-refractivity contribution is 0.582. The largest absolute Gasteiger partial charge is 0.241 e. The fourth-order valence-electron chi connectivity index (χ4n) is 2.54. The zero-order valence-electron chi connectivity index (χ0n) is 12.4. The molecule has 0 heterocycles. The van der Waals surface area contributed by atoms with Gasteiger partial charge in [-0.25, -0.2) is 13.1 Å². The first-order valence-electron chi connectivity index (χ1n) is 7.29. The third kappa shape index (κ3) is 3.55. The number of rotatable bonds is 5. The topological polar surface area (TPSA) is 46.2 Å². The summed E-state index contributed by atoms with van der Waals surface area (Å²) in [6.45, 7) is 0.340. The second-order valence-corrected chi connectivity index (χ2v) is 7.37. The third-order valence-corrected chi connectivity index (χ3v) is 5.47. The van der Waals surface area contributed by atoms with Gasteiger partial charge < -0.3 is 0 Å². The van der Waals surface area contributed by atoms with Crippen LogP contribution in [0.3, 0.4) is 0 Å². The molecule has 0 radical (unpaired) electrons. The summed E-state index contributed by atoms with van der Waals surface area (Å²) < 4.78 is 27.9. The SMILES string of the molecule is O=S(=O)(NCCc1ccccc1)c1cccc2cccc(Cl)c12. The molecule has 0 bridgehead atoms. The van der Waals surface area contributed by atoms with Gasteiger partial charge in [-0.3, -0.25) is 0 Å². The van der Waals surface area contributed by atoms with Crippen LogP contribution in [0.2, 0.25) is 5.02 Å². The van der Waals surface area contributed by atoms with E-state index in [4.69, 9.17) is 11.6 Å². The van der Waals surface area contributed by atoms with Gasteiger partial charge in [0.15, 0.2) is 0 Å². The maximum Gasteiger partial charge on any atom is 0.241 e. The molecule has 1 N–H and O–H groups in total. The molecule has 0 saturated heterocycles. The van der Waals surface area contributed by atoms with Crippen LogP contribution in [-0.4, -0.2) is 15.0 Å². The molecule has 5 heteroatoms. The highest BCUT2D eigenvalue weighted by atomic mass is 35.5. The first-order valence-corrected chi connectivity index (χ1v) is 9.15. The van der Waals surface area contributed by atoms with E-state index in [2.05, 4.69) is 4.72 Å². The summed E-state index contributed by atoms with van der Waals surface area (Å²) in [5.41, 5.74) is 1.09. The van der Waals surface area contributed by atoms with E-state index in [9.17, 15) is 8.42 Å². The first-order chi connectivity index (χ1) is 11.1. The molecular formula is C18H16ClNO2S. The van der Waals surface area contributed by atoms with E-state index in [-0.39, 0.29) is 4.90 Å². The summed E-state index contributed by atoms with van der Waals surface area (Å²) in [6.07, 6.45) is 0.637. The van der Waals surface area contributed by atoms with E-state index in [0.717, 1.165) is 10.9 Å². The predicted octanol–water partition coefficient (Wildman–Crippen LogP) is 4.01. The standard InChI is InChI=1S/C18H16ClNO2S/c19-16-10-4-8-15-9-5-11-17(18(15)16)23(21,22)20-13-12-14-6-2-1-3-7-14/h1-11,20H,12-13H2. The van der Waals surface area contributed by atoms with Crippen LogP contribution in [0.4, 0.5) is 0 Å². The molecular weight excluding hydrogens is 330 g/mol. The highest BCUT2D eigenvalue weighted by Gasteiger charge is 2.18. The molecule has 3 rings (SSSR count). The Hall–Kier alpha value is -1.88. The molecule has 3 nitrogen and oxygen atoms in total. The lowest BCUT2D eigenvalue weighted by Crippen LogP contribution is -2.26. The van der Waals surface area contributed by atoms with Crippen molar-refractivity contribution in [2.45, 2.75) is 11.3 Å². The monoisotopic (exact) mass is 345 g/mol. The van der Waals surface area contributed by atoms with Gasteiger partial charge in [0.2, 0.25) is 10.0 Å². The first kappa shape index (κ1) is 16.0. The van der Waals surface area contributed by atoms with Crippen LogP contribution in [-0.2, 0) is 16.4 Å². The van der Waals surface area contributed by atoms with Crippen LogP contribution < -0.4 is 4.72 Å². The molecule has 0 fully saturated rings. The third-order valence-electron chi connectivity index (χ3n) is 3.65. The lowest BCUT2D eigenvalue weighted by atomic mass is 10.1. The van der Waals surface area contributed by atoms with Crippen molar-refractivity contribution in [2.24, 2.45) is 0 Å². The number of sulfonamides is 1. The van der Waals surface area contributed by atoms with Crippen molar-refractivity contribution in [3.8, 4) is 0 Å². The maximum atomic E-state index is 12.6. The van der Waals surface area contributed by atoms with Crippen LogP contribution in [0.25, 0.3) is 10.8 Å². The lowest BCUT2D eigenvalue weighted by Gasteiger charge is -2.10. The number of hydrogen-bond acceptors (Lipinski definition) is 2. The average Bonchev–Trinajstić information content (AvgIpc) is 2.55. The Morgan fingerprint density at radius 2 is 1.57 bits per heavy atom. The summed E-state index contributed by atoms with van der Waals surface area (Å²) >= 11 is 6.21. The second kappa shape index (κ2) is 6.71. The van der Waals surface area contributed by atoms with Gasteiger partial charge in [0.05, 0.1) is 4.90 Å². The van der Waals surface area contributed by atoms with Crippen LogP contribution in [0.5, 0.6) is 0 Å². The van der Waals surface area contributed by atoms with Gasteiger partial charge in [-0.1, -0.05) is 66.2 Å². The van der Waals surface area contributed by atoms with Crippen molar-refractivity contribution in [2.75, 3.05) is 6.54 Å². The van der Waals surface area contributed by atoms with Gasteiger partial charge in [-0.15, -0.1) is 0 Å². The van der Waals surface area contributed by atoms with Crippen molar-refractivity contribution in [1.29, 1.82) is 0 Å². The Labute approximate surface area is 141 Å². The zero-order valence-corrected chi connectivity index (χ0v) is 13.9. The Morgan fingerprint density at radius 3 is 2.30 bits per heavy atom. The van der Waals surface area contributed by atoms with Gasteiger partial charge >= 0.3 is 0 Å². The van der Waals surface area contributed by atoms with Gasteiger partial charge in [-0.2, -0.15) is 0 Å². The van der Waals surface area contributed by atoms with E-state index in [1.807, 2.05) is 48.5 Å². The quantitative estimate of drug-likeness (QED) is 0.759. The highest BCUT2D eigenvalue weighted by Crippen LogP contribution is 2.29. The normalized spacial score (nSPS) is 11.7. The zero-order chi connectivity index (χ0) is 16.3. The smallest absolute Gasteiger partial charge is 0.211 e. The molecule has 0 aliphatic carbocycles. The van der Waals surface area contributed by atoms with Crippen LogP contribution in [0.1, 0.15) is 5.56 Å². The molecule has 3 aromatic carbocycles. The molecule has 0 spiro atoms. The van der Waals surface area contributed by atoms with E-state index < -0.39 is 10.0 Å². The molecule has 0 aliphatic rings. The summed E-state index contributed by atoms with van der Waals surface area (Å²) in [6, 6.07) is 20.3. The number of benzene rings is 3. The van der Waals surface area contributed by atoms with Crippen LogP contribution in [0, 0.1) is 0 Å². The molecule has 0 aromatic heterocycles. The van der Waals surface area contributed by atoms with Crippen molar-refractivity contribution in [1.82, 2.24) is 4.72 Å². The van der Waals surface area contributed by atoms with Gasteiger partial charge in [-0.05, 0) is 29.5 Å². The Kier molecular flexibility index (Phi) is 4.66. The second-order valence-electron chi connectivity index (χ2n) is 5.23. The number of halogens is 1. The average molecular weight is 346 g/mol. The fourth-order valence-corrected chi connectivity index (χ4v) is 4.16. The molecule has 23 heavy (non-hydrogen) atoms. The molecule has 0 saturated carbocycles. The molecule has 3 aromatic rings. The predicted molar refractivity (Wildman–Crippen MR) is 94.3 cm³/mol. The molecule has 0 unspecified atom stereocenters. The number of nitrogens with one attached hydrogen (secondary N) is 1. The van der Waals surface area contributed by atoms with Crippen LogP contribution >= 0.6 is 11.6 Å². The number of fused-ring (bicyclic) bond motifs is 1. The maximum absolute atomic E-state index is 12.6. The van der Waals surface area contributed by atoms with E-state index in [1.54, 1.807) is 18.2 Å². The minimum atomic E-state index is -3.61. The molecule has 0 amide bonds. The van der Waals surface area contributed by atoms with E-state index in [0.29, 0.717) is 23.4 Å². The summed E-state index contributed by atoms with van der Waals surface area (Å²) in [7, 11) is -3.61. The fraction of sp³-hybridized carbons (Fsp3) is 0.111. The molecule has 118 valence electrons. The Morgan fingerprint density at radius 1 is 0.870 bits per heavy atom. The minimum Gasteiger partial charge on any atom is -0.211 e. The van der Waals surface area contributed by atoms with Crippen molar-refractivity contribution in [3.63, 3.8) is 0 Å². The van der Waals surface area contributed by atoms with Crippen LogP contribution in [0.15, 0.2) is 71.6 Å². The van der Waals surface area contributed by atoms with Gasteiger partial charge in [0.25, 0.3) is 0 Å². The van der Waals surface area contributed by atoms with Crippen molar-refractivity contribution >= 4 is 32.4 Å². The minimum absolute atomic E-state index is 0.216. The van der Waals surface area contributed by atoms with Gasteiger partial charge in [0.1, 0.15) is 0 Å². The molecule has 0 atom stereocenters. The summed E-state index contributed by atoms with van der Waals surface area (Å²) in [5.74, 6) is 0. The summed E-state index contributed by atoms with van der Waals surface area (Å²) in [4.78, 5) is 0.216. The van der Waals surface area contributed by atoms with Gasteiger partial charge in [0, 0.05) is 17.0 Å². The Balaban J connectivity index is 1.86. The molecule has 0 aliphatic heterocycles. The van der Waals surface area contributed by atoms with Crippen molar-refractivity contribution in [3.05, 3.63) is 77.3 Å². The van der Waals surface area contributed by atoms with Crippen molar-refractivity contribution < 1.29 is 8.42 Å². The summed E-state index contributed by atoms with van der Waals surface area (Å²) in [5, 5.41) is 1.80. The Bertz CT molecular complexity index is 919. The van der Waals surface area contributed by atoms with E-state index in [1.165, 1.54) is 0 Å². The van der Waals surface area contributed by atoms with E-state index >= 15 is 0 Å². The highest BCUT2D eigenvalue weighted by molar-refractivity contribution is 7.89. The number of hydrogen-bond donors (Lipinski definition) is 1.